The highest BCUT2D eigenvalue weighted by Crippen LogP contribution is 2.29. The molecule has 0 spiro atoms. The third-order valence-corrected chi connectivity index (χ3v) is 2.77. The van der Waals surface area contributed by atoms with Gasteiger partial charge < -0.3 is 5.21 Å². The van der Waals surface area contributed by atoms with Crippen molar-refractivity contribution in [2.45, 2.75) is 6.18 Å². The normalized spacial score (nSPS) is 12.3. The van der Waals surface area contributed by atoms with Crippen molar-refractivity contribution in [2.75, 3.05) is 0 Å². The first kappa shape index (κ1) is 15.6. The van der Waals surface area contributed by atoms with E-state index < -0.39 is 29.2 Å². The van der Waals surface area contributed by atoms with Crippen molar-refractivity contribution in [3.8, 4) is 0 Å². The lowest BCUT2D eigenvalue weighted by molar-refractivity contribution is -0.137. The number of halogens is 4. The van der Waals surface area contributed by atoms with Gasteiger partial charge in [-0.15, -0.1) is 0 Å². The second-order valence-electron chi connectivity index (χ2n) is 4.22. The minimum absolute atomic E-state index is 0.0996. The van der Waals surface area contributed by atoms with E-state index >= 15 is 0 Å². The number of aromatic nitrogens is 1. The second kappa shape index (κ2) is 5.92. The molecular formula is C14H8F4N2O2. The Morgan fingerprint density at radius 2 is 1.86 bits per heavy atom. The summed E-state index contributed by atoms with van der Waals surface area (Å²) in [4.78, 5) is 15.4. The first-order valence-electron chi connectivity index (χ1n) is 5.89. The molecule has 22 heavy (non-hydrogen) atoms. The number of pyridine rings is 1. The number of alkyl halides is 3. The molecule has 1 aromatic heterocycles. The maximum absolute atomic E-state index is 13.0. The van der Waals surface area contributed by atoms with Crippen molar-refractivity contribution in [2.24, 2.45) is 5.16 Å². The van der Waals surface area contributed by atoms with Crippen molar-refractivity contribution in [1.29, 1.82) is 0 Å². The second-order valence-corrected chi connectivity index (χ2v) is 4.22. The number of rotatable bonds is 3. The lowest BCUT2D eigenvalue weighted by atomic mass is 10.00. The molecule has 0 fully saturated rings. The molecule has 0 saturated heterocycles. The summed E-state index contributed by atoms with van der Waals surface area (Å²) in [7, 11) is 0. The maximum atomic E-state index is 13.0. The molecule has 0 amide bonds. The number of nitrogens with zero attached hydrogens (tertiary/aromatic N) is 2. The molecule has 0 unspecified atom stereocenters. The Morgan fingerprint density at radius 1 is 1.14 bits per heavy atom. The third-order valence-electron chi connectivity index (χ3n) is 2.77. The molecule has 2 aromatic rings. The Labute approximate surface area is 121 Å². The highest BCUT2D eigenvalue weighted by molar-refractivity contribution is 6.51. The number of carbonyl (C=O) groups is 1. The van der Waals surface area contributed by atoms with E-state index in [0.717, 1.165) is 30.5 Å². The number of oxime groups is 1. The minimum atomic E-state index is -4.62. The van der Waals surface area contributed by atoms with E-state index in [1.807, 2.05) is 0 Å². The van der Waals surface area contributed by atoms with Crippen LogP contribution in [0.1, 0.15) is 21.5 Å². The van der Waals surface area contributed by atoms with Crippen LogP contribution < -0.4 is 0 Å². The van der Waals surface area contributed by atoms with Gasteiger partial charge >= 0.3 is 6.18 Å². The first-order chi connectivity index (χ1) is 10.3. The van der Waals surface area contributed by atoms with E-state index in [2.05, 4.69) is 10.1 Å². The van der Waals surface area contributed by atoms with Crippen LogP contribution in [0.2, 0.25) is 0 Å². The van der Waals surface area contributed by atoms with Gasteiger partial charge in [-0.25, -0.2) is 4.98 Å². The standard InChI is InChI=1S/C14H8F4N2O2/c15-11-7-8(4-5-19-11)12(20-22)13(21)9-2-1-3-10(6-9)14(16,17)18/h1-7,22H/b20-12-. The SMILES string of the molecule is O=C(/C(=N\O)c1ccnc(F)c1)c1cccc(C(F)(F)F)c1. The summed E-state index contributed by atoms with van der Waals surface area (Å²) in [5.74, 6) is -1.89. The summed E-state index contributed by atoms with van der Waals surface area (Å²) in [5.41, 5.74) is -2.03. The van der Waals surface area contributed by atoms with E-state index in [1.165, 1.54) is 6.07 Å². The Morgan fingerprint density at radius 3 is 2.45 bits per heavy atom. The largest absolute Gasteiger partial charge is 0.416 e. The Balaban J connectivity index is 2.42. The highest BCUT2D eigenvalue weighted by atomic mass is 19.4. The molecule has 2 rings (SSSR count). The topological polar surface area (TPSA) is 62.5 Å². The van der Waals surface area contributed by atoms with E-state index in [9.17, 15) is 22.4 Å². The number of carbonyl (C=O) groups excluding carboxylic acids is 1. The zero-order valence-corrected chi connectivity index (χ0v) is 10.8. The minimum Gasteiger partial charge on any atom is -0.410 e. The smallest absolute Gasteiger partial charge is 0.410 e. The van der Waals surface area contributed by atoms with Crippen LogP contribution in [0.15, 0.2) is 47.8 Å². The summed E-state index contributed by atoms with van der Waals surface area (Å²) < 4.78 is 51.0. The fourth-order valence-corrected chi connectivity index (χ4v) is 1.76. The van der Waals surface area contributed by atoms with Crippen LogP contribution in [0, 0.1) is 5.95 Å². The molecule has 1 heterocycles. The average Bonchev–Trinajstić information content (AvgIpc) is 2.47. The molecule has 8 heteroatoms. The highest BCUT2D eigenvalue weighted by Gasteiger charge is 2.31. The number of Topliss-reactive ketones (excluding diaryl/α,β-unsaturated/α-hetero) is 1. The molecule has 114 valence electrons. The summed E-state index contributed by atoms with van der Waals surface area (Å²) >= 11 is 0. The number of hydrogen-bond acceptors (Lipinski definition) is 4. The van der Waals surface area contributed by atoms with E-state index in [1.54, 1.807) is 0 Å². The lowest BCUT2D eigenvalue weighted by Gasteiger charge is -2.09. The van der Waals surface area contributed by atoms with Gasteiger partial charge in [0, 0.05) is 23.4 Å². The fraction of sp³-hybridized carbons (Fsp3) is 0.0714. The van der Waals surface area contributed by atoms with Crippen LogP contribution in [-0.2, 0) is 6.18 Å². The summed E-state index contributed by atoms with van der Waals surface area (Å²) in [6, 6.07) is 5.66. The maximum Gasteiger partial charge on any atom is 0.416 e. The molecule has 0 aliphatic rings. The zero-order chi connectivity index (χ0) is 16.3. The molecular weight excluding hydrogens is 304 g/mol. The number of ketones is 1. The van der Waals surface area contributed by atoms with Crippen LogP contribution in [0.25, 0.3) is 0 Å². The number of benzene rings is 1. The molecule has 0 aliphatic heterocycles. The van der Waals surface area contributed by atoms with Crippen molar-refractivity contribution in [1.82, 2.24) is 4.98 Å². The van der Waals surface area contributed by atoms with Crippen LogP contribution in [0.4, 0.5) is 17.6 Å². The molecule has 0 bridgehead atoms. The monoisotopic (exact) mass is 312 g/mol. The quantitative estimate of drug-likeness (QED) is 0.236. The zero-order valence-electron chi connectivity index (χ0n) is 10.8. The van der Waals surface area contributed by atoms with Gasteiger partial charge in [0.25, 0.3) is 0 Å². The Bertz CT molecular complexity index is 742. The van der Waals surface area contributed by atoms with Crippen LogP contribution in [0.3, 0.4) is 0 Å². The van der Waals surface area contributed by atoms with Gasteiger partial charge in [0.05, 0.1) is 5.56 Å². The van der Waals surface area contributed by atoms with E-state index in [-0.39, 0.29) is 11.1 Å². The van der Waals surface area contributed by atoms with Crippen molar-refractivity contribution in [3.63, 3.8) is 0 Å². The summed E-state index contributed by atoms with van der Waals surface area (Å²) in [6.07, 6.45) is -3.58. The average molecular weight is 312 g/mol. The van der Waals surface area contributed by atoms with Gasteiger partial charge in [-0.1, -0.05) is 17.3 Å². The van der Waals surface area contributed by atoms with Gasteiger partial charge in [-0.3, -0.25) is 4.79 Å². The van der Waals surface area contributed by atoms with Crippen molar-refractivity contribution in [3.05, 3.63) is 65.2 Å². The molecule has 0 atom stereocenters. The van der Waals surface area contributed by atoms with E-state index in [4.69, 9.17) is 5.21 Å². The molecule has 1 N–H and O–H groups in total. The van der Waals surface area contributed by atoms with Gasteiger partial charge in [0.15, 0.2) is 5.71 Å². The van der Waals surface area contributed by atoms with Gasteiger partial charge in [0.1, 0.15) is 0 Å². The van der Waals surface area contributed by atoms with Crippen LogP contribution >= 0.6 is 0 Å². The first-order valence-corrected chi connectivity index (χ1v) is 5.89. The summed E-state index contributed by atoms with van der Waals surface area (Å²) in [6.45, 7) is 0. The van der Waals surface area contributed by atoms with Crippen molar-refractivity contribution < 1.29 is 27.6 Å². The Hall–Kier alpha value is -2.77. The van der Waals surface area contributed by atoms with E-state index in [0.29, 0.717) is 6.07 Å². The van der Waals surface area contributed by atoms with Gasteiger partial charge in [-0.05, 0) is 18.2 Å². The molecule has 0 radical (unpaired) electrons. The molecule has 0 aliphatic carbocycles. The third kappa shape index (κ3) is 3.27. The van der Waals surface area contributed by atoms with Crippen LogP contribution in [-0.4, -0.2) is 21.7 Å². The van der Waals surface area contributed by atoms with Crippen molar-refractivity contribution >= 4 is 11.5 Å². The van der Waals surface area contributed by atoms with Crippen LogP contribution in [0.5, 0.6) is 0 Å². The van der Waals surface area contributed by atoms with Gasteiger partial charge in [0.2, 0.25) is 11.7 Å². The molecule has 4 nitrogen and oxygen atoms in total. The predicted molar refractivity (Wildman–Crippen MR) is 68.3 cm³/mol. The lowest BCUT2D eigenvalue weighted by Crippen LogP contribution is -2.17. The predicted octanol–water partition coefficient (Wildman–Crippen LogP) is 3.30. The number of hydrogen-bond donors (Lipinski definition) is 1. The Kier molecular flexibility index (Phi) is 4.20. The molecule has 1 aromatic carbocycles. The van der Waals surface area contributed by atoms with Gasteiger partial charge in [-0.2, -0.15) is 17.6 Å². The summed E-state index contributed by atoms with van der Waals surface area (Å²) in [5, 5.41) is 11.7. The molecule has 0 saturated carbocycles. The fourth-order valence-electron chi connectivity index (χ4n) is 1.76.